The Morgan fingerprint density at radius 3 is 2.12 bits per heavy atom. The molecule has 3 heteroatoms. The maximum absolute atomic E-state index is 4.41. The quantitative estimate of drug-likeness (QED) is 0.194. The third-order valence-electron chi connectivity index (χ3n) is 5.30. The van der Waals surface area contributed by atoms with Crippen LogP contribution in [0.5, 0.6) is 0 Å². The third kappa shape index (κ3) is 6.57. The van der Waals surface area contributed by atoms with Crippen molar-refractivity contribution in [3.8, 4) is 33.6 Å². The predicted molar refractivity (Wildman–Crippen MR) is 137 cm³/mol. The predicted octanol–water partition coefficient (Wildman–Crippen LogP) is 7.69. The molecule has 34 heavy (non-hydrogen) atoms. The standard InChI is InChI=1S/C17H12N.C14H14N.Ir/c1-3-7-14(8-4-1)16-11-12-18-17(13-16)15-9-5-2-6-10-15;1-10-4-6-13(12(3)8-10)14-7-5-11(2)9-15-14;/h1-9,11-13H;4-5,7-9H,1-3H3;/q2*-1;. The molecule has 5 aromatic rings. The summed E-state index contributed by atoms with van der Waals surface area (Å²) in [5.74, 6) is 0. The molecule has 0 spiro atoms. The Labute approximate surface area is 216 Å². The van der Waals surface area contributed by atoms with Crippen molar-refractivity contribution >= 4 is 0 Å². The molecule has 1 radical (unpaired) electrons. The van der Waals surface area contributed by atoms with E-state index in [1.54, 1.807) is 0 Å². The van der Waals surface area contributed by atoms with Gasteiger partial charge in [0.1, 0.15) is 0 Å². The molecule has 0 aliphatic heterocycles. The van der Waals surface area contributed by atoms with E-state index in [2.05, 4.69) is 66.3 Å². The molecule has 0 aliphatic rings. The molecule has 0 unspecified atom stereocenters. The Balaban J connectivity index is 0.000000188. The molecule has 0 atom stereocenters. The Kier molecular flexibility index (Phi) is 9.04. The minimum Gasteiger partial charge on any atom is -0.305 e. The average molecular weight is 619 g/mol. The van der Waals surface area contributed by atoms with Crippen LogP contribution in [0.4, 0.5) is 0 Å². The molecule has 2 aromatic heterocycles. The van der Waals surface area contributed by atoms with E-state index in [0.29, 0.717) is 0 Å². The Bertz CT molecular complexity index is 1260. The fourth-order valence-electron chi connectivity index (χ4n) is 3.59. The average Bonchev–Trinajstić information content (AvgIpc) is 2.86. The summed E-state index contributed by atoms with van der Waals surface area (Å²) in [4.78, 5) is 8.81. The maximum atomic E-state index is 4.41. The topological polar surface area (TPSA) is 25.8 Å². The first-order valence-electron chi connectivity index (χ1n) is 11.0. The second kappa shape index (κ2) is 12.2. The molecule has 0 saturated heterocycles. The summed E-state index contributed by atoms with van der Waals surface area (Å²) in [5, 5.41) is 0. The molecule has 0 aliphatic carbocycles. The normalized spacial score (nSPS) is 9.97. The van der Waals surface area contributed by atoms with Crippen LogP contribution in [-0.2, 0) is 20.1 Å². The Morgan fingerprint density at radius 2 is 1.44 bits per heavy atom. The molecule has 0 bridgehead atoms. The van der Waals surface area contributed by atoms with Crippen LogP contribution in [0.15, 0.2) is 103 Å². The van der Waals surface area contributed by atoms with Crippen molar-refractivity contribution < 1.29 is 20.1 Å². The van der Waals surface area contributed by atoms with Gasteiger partial charge in [0.2, 0.25) is 0 Å². The van der Waals surface area contributed by atoms with E-state index in [4.69, 9.17) is 0 Å². The van der Waals surface area contributed by atoms with E-state index in [9.17, 15) is 0 Å². The molecule has 2 nitrogen and oxygen atoms in total. The summed E-state index contributed by atoms with van der Waals surface area (Å²) in [6, 6.07) is 37.1. The molecule has 0 fully saturated rings. The van der Waals surface area contributed by atoms with Crippen molar-refractivity contribution in [2.75, 3.05) is 0 Å². The monoisotopic (exact) mass is 619 g/mol. The van der Waals surface area contributed by atoms with E-state index >= 15 is 0 Å². The molecule has 171 valence electrons. The number of nitrogens with zero attached hydrogens (tertiary/aromatic N) is 2. The molecule has 2 heterocycles. The SMILES string of the molecule is Cc1ccc(-c2[c-]cc(C)cc2C)nc1.[Ir].[c-]1ccccc1-c1cc(-c2ccccc2)ccn1. The van der Waals surface area contributed by atoms with Gasteiger partial charge in [-0.1, -0.05) is 62.4 Å². The molecule has 0 N–H and O–H groups in total. The molecular weight excluding hydrogens is 593 g/mol. The number of hydrogen-bond donors (Lipinski definition) is 0. The van der Waals surface area contributed by atoms with Gasteiger partial charge in [-0.05, 0) is 41.1 Å². The number of aromatic nitrogens is 2. The summed E-state index contributed by atoms with van der Waals surface area (Å²) in [5.41, 5.74) is 10.1. The van der Waals surface area contributed by atoms with Crippen LogP contribution >= 0.6 is 0 Å². The van der Waals surface area contributed by atoms with Crippen molar-refractivity contribution in [3.05, 3.63) is 132 Å². The van der Waals surface area contributed by atoms with Crippen molar-refractivity contribution in [2.24, 2.45) is 0 Å². The van der Waals surface area contributed by atoms with Crippen molar-refractivity contribution in [2.45, 2.75) is 20.8 Å². The van der Waals surface area contributed by atoms with Crippen LogP contribution in [0.25, 0.3) is 33.6 Å². The molecule has 0 amide bonds. The zero-order chi connectivity index (χ0) is 23.0. The van der Waals surface area contributed by atoms with Gasteiger partial charge < -0.3 is 9.97 Å². The van der Waals surface area contributed by atoms with E-state index in [1.165, 1.54) is 27.8 Å². The van der Waals surface area contributed by atoms with Gasteiger partial charge in [-0.15, -0.1) is 70.8 Å². The first-order valence-corrected chi connectivity index (χ1v) is 11.0. The van der Waals surface area contributed by atoms with E-state index in [0.717, 1.165) is 22.5 Å². The van der Waals surface area contributed by atoms with Gasteiger partial charge >= 0.3 is 0 Å². The fraction of sp³-hybridized carbons (Fsp3) is 0.0968. The van der Waals surface area contributed by atoms with Crippen molar-refractivity contribution in [1.29, 1.82) is 0 Å². The summed E-state index contributed by atoms with van der Waals surface area (Å²) >= 11 is 0. The molecule has 3 aromatic carbocycles. The second-order valence-corrected chi connectivity index (χ2v) is 8.03. The Hall–Kier alpha value is -3.39. The second-order valence-electron chi connectivity index (χ2n) is 8.03. The number of hydrogen-bond acceptors (Lipinski definition) is 2. The van der Waals surface area contributed by atoms with E-state index in [1.807, 2.05) is 80.0 Å². The van der Waals surface area contributed by atoms with Crippen LogP contribution in [0.2, 0.25) is 0 Å². The van der Waals surface area contributed by atoms with Crippen LogP contribution in [0.3, 0.4) is 0 Å². The van der Waals surface area contributed by atoms with Crippen LogP contribution in [0, 0.1) is 32.9 Å². The van der Waals surface area contributed by atoms with Gasteiger partial charge in [0.15, 0.2) is 0 Å². The fourth-order valence-corrected chi connectivity index (χ4v) is 3.59. The summed E-state index contributed by atoms with van der Waals surface area (Å²) < 4.78 is 0. The number of pyridine rings is 2. The number of aryl methyl sites for hydroxylation is 3. The minimum absolute atomic E-state index is 0. The zero-order valence-corrected chi connectivity index (χ0v) is 21.9. The largest absolute Gasteiger partial charge is 0.305 e. The minimum atomic E-state index is 0. The number of rotatable bonds is 3. The smallest absolute Gasteiger partial charge is 0.0190 e. The van der Waals surface area contributed by atoms with Crippen molar-refractivity contribution in [1.82, 2.24) is 9.97 Å². The summed E-state index contributed by atoms with van der Waals surface area (Å²) in [6.45, 7) is 6.22. The number of benzene rings is 3. The molecular formula is C31H26IrN2-2. The zero-order valence-electron chi connectivity index (χ0n) is 19.5. The van der Waals surface area contributed by atoms with E-state index < -0.39 is 0 Å². The van der Waals surface area contributed by atoms with Crippen LogP contribution in [0.1, 0.15) is 16.7 Å². The van der Waals surface area contributed by atoms with Gasteiger partial charge in [0.25, 0.3) is 0 Å². The van der Waals surface area contributed by atoms with Gasteiger partial charge in [-0.2, -0.15) is 0 Å². The first kappa shape index (κ1) is 25.2. The van der Waals surface area contributed by atoms with Gasteiger partial charge in [-0.25, -0.2) is 0 Å². The van der Waals surface area contributed by atoms with Gasteiger partial charge in [0, 0.05) is 32.5 Å². The van der Waals surface area contributed by atoms with Crippen molar-refractivity contribution in [3.63, 3.8) is 0 Å². The summed E-state index contributed by atoms with van der Waals surface area (Å²) in [6.07, 6.45) is 3.74. The Morgan fingerprint density at radius 1 is 0.647 bits per heavy atom. The van der Waals surface area contributed by atoms with Crippen LogP contribution in [-0.4, -0.2) is 9.97 Å². The van der Waals surface area contributed by atoms with Gasteiger partial charge in [-0.3, -0.25) is 0 Å². The summed E-state index contributed by atoms with van der Waals surface area (Å²) in [7, 11) is 0. The van der Waals surface area contributed by atoms with Gasteiger partial charge in [0.05, 0.1) is 0 Å². The molecule has 0 saturated carbocycles. The van der Waals surface area contributed by atoms with E-state index in [-0.39, 0.29) is 20.1 Å². The van der Waals surface area contributed by atoms with Crippen LogP contribution < -0.4 is 0 Å². The first-order chi connectivity index (χ1) is 16.1. The molecule has 5 rings (SSSR count). The maximum Gasteiger partial charge on any atom is 0.0190 e. The third-order valence-corrected chi connectivity index (χ3v) is 5.30.